The van der Waals surface area contributed by atoms with Crippen LogP contribution in [0.4, 0.5) is 4.39 Å². The minimum atomic E-state index is -1.06. The maximum absolute atomic E-state index is 13.8. The lowest BCUT2D eigenvalue weighted by atomic mass is 9.94. The highest BCUT2D eigenvalue weighted by Crippen LogP contribution is 2.29. The molecule has 8 heteroatoms. The zero-order valence-electron chi connectivity index (χ0n) is 14.0. The summed E-state index contributed by atoms with van der Waals surface area (Å²) < 4.78 is 16.0. The molecule has 2 aromatic carbocycles. The van der Waals surface area contributed by atoms with Crippen molar-refractivity contribution in [3.8, 4) is 0 Å². The van der Waals surface area contributed by atoms with Crippen molar-refractivity contribution in [3.05, 3.63) is 69.9 Å². The van der Waals surface area contributed by atoms with Gasteiger partial charge in [-0.25, -0.2) is 4.39 Å². The largest absolute Gasteiger partial charge is 0.294 e. The third kappa shape index (κ3) is 4.62. The zero-order chi connectivity index (χ0) is 19.5. The molecule has 2 rings (SSSR count). The second-order valence-corrected chi connectivity index (χ2v) is 7.69. The predicted molar refractivity (Wildman–Crippen MR) is 103 cm³/mol. The van der Waals surface area contributed by atoms with Gasteiger partial charge in [-0.05, 0) is 54.0 Å². The van der Waals surface area contributed by atoms with Crippen LogP contribution in [0.25, 0.3) is 0 Å². The number of hydrogen-bond acceptors (Lipinski definition) is 3. The fourth-order valence-corrected chi connectivity index (χ4v) is 3.17. The van der Waals surface area contributed by atoms with Gasteiger partial charge >= 0.3 is 0 Å². The van der Waals surface area contributed by atoms with Gasteiger partial charge < -0.3 is 0 Å². The number of hydrogen-bond donors (Lipinski definition) is 0. The molecule has 26 heavy (non-hydrogen) atoms. The van der Waals surface area contributed by atoms with Gasteiger partial charge in [0.05, 0.1) is 16.7 Å². The molecule has 0 saturated heterocycles. The van der Waals surface area contributed by atoms with E-state index in [-0.39, 0.29) is 12.0 Å². The number of rotatable bonds is 6. The number of amides is 1. The number of halogens is 4. The van der Waals surface area contributed by atoms with E-state index in [2.05, 4.69) is 15.9 Å². The van der Waals surface area contributed by atoms with Crippen LogP contribution in [0, 0.1) is 5.82 Å². The summed E-state index contributed by atoms with van der Waals surface area (Å²) in [6.07, 6.45) is -0.149. The third-order valence-electron chi connectivity index (χ3n) is 3.69. The maximum atomic E-state index is 13.8. The summed E-state index contributed by atoms with van der Waals surface area (Å²) in [5.41, 5.74) is -0.784. The Morgan fingerprint density at radius 2 is 1.58 bits per heavy atom. The maximum Gasteiger partial charge on any atom is 0.285 e. The lowest BCUT2D eigenvalue weighted by Gasteiger charge is -2.36. The van der Waals surface area contributed by atoms with Gasteiger partial charge in [0.1, 0.15) is 5.82 Å². The van der Waals surface area contributed by atoms with Crippen molar-refractivity contribution in [1.82, 2.24) is 9.06 Å². The lowest BCUT2D eigenvalue weighted by Crippen LogP contribution is -2.48. The summed E-state index contributed by atoms with van der Waals surface area (Å²) in [6, 6.07) is 12.4. The fraction of sp³-hybridized carbons (Fsp3) is 0.222. The van der Waals surface area contributed by atoms with Gasteiger partial charge in [0.15, 0.2) is 5.78 Å². The highest BCUT2D eigenvalue weighted by molar-refractivity contribution is 9.10. The molecule has 0 fully saturated rings. The number of hydrazine groups is 1. The van der Waals surface area contributed by atoms with E-state index >= 15 is 0 Å². The normalized spacial score (nSPS) is 11.5. The van der Waals surface area contributed by atoms with E-state index in [1.807, 2.05) is 0 Å². The molecule has 1 amide bonds. The first kappa shape index (κ1) is 20.8. The molecular formula is C18H16BrCl2FN2O2. The van der Waals surface area contributed by atoms with Crippen LogP contribution in [0.2, 0.25) is 0 Å². The van der Waals surface area contributed by atoms with Gasteiger partial charge in [-0.2, -0.15) is 4.53 Å². The average molecular weight is 462 g/mol. The highest BCUT2D eigenvalue weighted by atomic mass is 79.9. The lowest BCUT2D eigenvalue weighted by molar-refractivity contribution is 0.0373. The van der Waals surface area contributed by atoms with E-state index < -0.39 is 23.0 Å². The quantitative estimate of drug-likeness (QED) is 0.319. The molecule has 0 unspecified atom stereocenters. The minimum Gasteiger partial charge on any atom is -0.294 e. The molecule has 0 spiro atoms. The number of carbonyl (C=O) groups is 2. The Balaban J connectivity index is 2.17. The van der Waals surface area contributed by atoms with Crippen LogP contribution < -0.4 is 0 Å². The van der Waals surface area contributed by atoms with E-state index in [1.165, 1.54) is 18.2 Å². The first-order valence-corrected chi connectivity index (χ1v) is 9.10. The molecule has 0 heterocycles. The zero-order valence-corrected chi connectivity index (χ0v) is 17.1. The van der Waals surface area contributed by atoms with Gasteiger partial charge in [0, 0.05) is 34.4 Å². The van der Waals surface area contributed by atoms with E-state index in [9.17, 15) is 14.0 Å². The average Bonchev–Trinajstić information content (AvgIpc) is 2.60. The Morgan fingerprint density at radius 1 is 1.04 bits per heavy atom. The van der Waals surface area contributed by atoms with Crippen LogP contribution in [0.1, 0.15) is 41.0 Å². The van der Waals surface area contributed by atoms with Gasteiger partial charge in [0.25, 0.3) is 5.91 Å². The molecule has 0 N–H and O–H groups in total. The van der Waals surface area contributed by atoms with Crippen LogP contribution in [0.5, 0.6) is 0 Å². The summed E-state index contributed by atoms with van der Waals surface area (Å²) in [5, 5.41) is 0. The number of Topliss-reactive ketones (excluding diaryl/α,β-unsaturated/α-hetero) is 1. The first-order chi connectivity index (χ1) is 12.1. The Hall–Kier alpha value is -1.47. The Bertz CT molecular complexity index is 832. The predicted octanol–water partition coefficient (Wildman–Crippen LogP) is 5.61. The molecule has 0 radical (unpaired) electrons. The number of ketones is 1. The molecular weight excluding hydrogens is 446 g/mol. The molecule has 2 aromatic rings. The van der Waals surface area contributed by atoms with Gasteiger partial charge in [0.2, 0.25) is 0 Å². The van der Waals surface area contributed by atoms with Crippen LogP contribution in [-0.2, 0) is 0 Å². The molecule has 4 nitrogen and oxygen atoms in total. The van der Waals surface area contributed by atoms with Gasteiger partial charge in [-0.15, -0.1) is 4.53 Å². The van der Waals surface area contributed by atoms with Crippen LogP contribution in [0.3, 0.4) is 0 Å². The smallest absolute Gasteiger partial charge is 0.285 e. The van der Waals surface area contributed by atoms with Crippen molar-refractivity contribution in [2.45, 2.75) is 25.8 Å². The van der Waals surface area contributed by atoms with Gasteiger partial charge in [-0.3, -0.25) is 9.59 Å². The van der Waals surface area contributed by atoms with Crippen molar-refractivity contribution in [1.29, 1.82) is 0 Å². The number of carbonyl (C=O) groups excluding carboxylic acids is 2. The van der Waals surface area contributed by atoms with E-state index in [0.717, 1.165) is 4.53 Å². The van der Waals surface area contributed by atoms with E-state index in [4.69, 9.17) is 23.6 Å². The van der Waals surface area contributed by atoms with Crippen molar-refractivity contribution < 1.29 is 14.0 Å². The number of nitrogens with zero attached hydrogens (tertiary/aromatic N) is 2. The summed E-state index contributed by atoms with van der Waals surface area (Å²) in [6.45, 7) is 3.25. The Labute approximate surface area is 169 Å². The highest BCUT2D eigenvalue weighted by Gasteiger charge is 2.36. The van der Waals surface area contributed by atoms with Crippen molar-refractivity contribution >= 4 is 51.2 Å². The molecule has 0 aromatic heterocycles. The van der Waals surface area contributed by atoms with Crippen molar-refractivity contribution in [3.63, 3.8) is 0 Å². The summed E-state index contributed by atoms with van der Waals surface area (Å²) >= 11 is 15.6. The van der Waals surface area contributed by atoms with Crippen molar-refractivity contribution in [2.24, 2.45) is 0 Å². The van der Waals surface area contributed by atoms with Crippen LogP contribution in [0.15, 0.2) is 53.0 Å². The minimum absolute atomic E-state index is 0.0381. The SMILES string of the molecule is CC(C)(CC(=O)c1ccccc1F)N(Cl)N(Cl)C(=O)c1ccccc1Br. The summed E-state index contributed by atoms with van der Waals surface area (Å²) in [4.78, 5) is 25.0. The van der Waals surface area contributed by atoms with E-state index in [0.29, 0.717) is 14.6 Å². The molecule has 0 saturated carbocycles. The molecule has 0 bridgehead atoms. The van der Waals surface area contributed by atoms with Gasteiger partial charge in [-0.1, -0.05) is 24.3 Å². The summed E-state index contributed by atoms with van der Waals surface area (Å²) in [7, 11) is 0. The Kier molecular flexibility index (Phi) is 6.80. The Morgan fingerprint density at radius 3 is 2.15 bits per heavy atom. The molecule has 0 atom stereocenters. The molecule has 0 aliphatic rings. The second kappa shape index (κ2) is 8.48. The standard InChI is InChI=1S/C18H16BrCl2FN2O2/c1-18(2,11-16(25)13-8-4-6-10-15(13)22)24(21)23(20)17(26)12-7-3-5-9-14(12)19/h3-10H,11H2,1-2H3. The van der Waals surface area contributed by atoms with Crippen molar-refractivity contribution in [2.75, 3.05) is 0 Å². The monoisotopic (exact) mass is 460 g/mol. The third-order valence-corrected chi connectivity index (χ3v) is 5.38. The number of benzene rings is 2. The summed E-state index contributed by atoms with van der Waals surface area (Å²) in [5.74, 6) is -1.63. The van der Waals surface area contributed by atoms with Crippen LogP contribution >= 0.6 is 39.5 Å². The first-order valence-electron chi connectivity index (χ1n) is 7.63. The topological polar surface area (TPSA) is 40.6 Å². The van der Waals surface area contributed by atoms with Crippen LogP contribution in [-0.4, -0.2) is 26.3 Å². The molecule has 0 aliphatic heterocycles. The molecule has 0 aliphatic carbocycles. The molecule has 138 valence electrons. The van der Waals surface area contributed by atoms with E-state index in [1.54, 1.807) is 44.2 Å². The fourth-order valence-electron chi connectivity index (χ4n) is 2.29. The second-order valence-electron chi connectivity index (χ2n) is 6.20.